The van der Waals surface area contributed by atoms with Gasteiger partial charge in [-0.25, -0.2) is 0 Å². The van der Waals surface area contributed by atoms with Crippen molar-refractivity contribution in [2.45, 2.75) is 57.9 Å². The van der Waals surface area contributed by atoms with Crippen LogP contribution in [0.3, 0.4) is 0 Å². The molecule has 1 saturated carbocycles. The molecular formula is C13H24N2O3. The van der Waals surface area contributed by atoms with Gasteiger partial charge in [0, 0.05) is 12.0 Å². The Labute approximate surface area is 108 Å². The minimum absolute atomic E-state index is 0.0743. The zero-order chi connectivity index (χ0) is 13.5. The lowest BCUT2D eigenvalue weighted by Gasteiger charge is -2.59. The van der Waals surface area contributed by atoms with Gasteiger partial charge in [0.2, 0.25) is 5.91 Å². The van der Waals surface area contributed by atoms with Crippen LogP contribution in [0, 0.1) is 11.3 Å². The summed E-state index contributed by atoms with van der Waals surface area (Å²) in [5.74, 6) is 0.156. The maximum atomic E-state index is 11.4. The molecule has 5 nitrogen and oxygen atoms in total. The second-order valence-electron chi connectivity index (χ2n) is 6.18. The highest BCUT2D eigenvalue weighted by molar-refractivity contribution is 5.80. The number of aliphatic hydroxyl groups excluding tert-OH is 2. The second kappa shape index (κ2) is 4.79. The van der Waals surface area contributed by atoms with Crippen molar-refractivity contribution >= 4 is 5.91 Å². The van der Waals surface area contributed by atoms with Gasteiger partial charge in [-0.05, 0) is 38.5 Å². The monoisotopic (exact) mass is 256 g/mol. The Bertz CT molecular complexity index is 324. The molecule has 1 amide bonds. The lowest BCUT2D eigenvalue weighted by Crippen LogP contribution is -2.71. The van der Waals surface area contributed by atoms with Crippen LogP contribution in [0.2, 0.25) is 0 Å². The van der Waals surface area contributed by atoms with E-state index >= 15 is 0 Å². The van der Waals surface area contributed by atoms with Crippen molar-refractivity contribution in [1.82, 2.24) is 4.90 Å². The molecule has 104 valence electrons. The van der Waals surface area contributed by atoms with E-state index in [1.54, 1.807) is 4.90 Å². The van der Waals surface area contributed by atoms with Crippen LogP contribution in [-0.2, 0) is 4.79 Å². The maximum absolute atomic E-state index is 11.4. The summed E-state index contributed by atoms with van der Waals surface area (Å²) in [5.41, 5.74) is 5.22. The lowest BCUT2D eigenvalue weighted by atomic mass is 9.64. The Morgan fingerprint density at radius 2 is 2.00 bits per heavy atom. The quantitative estimate of drug-likeness (QED) is 0.666. The molecule has 3 atom stereocenters. The molecule has 5 heteroatoms. The number of hydrogen-bond acceptors (Lipinski definition) is 4. The number of hydrogen-bond donors (Lipinski definition) is 3. The summed E-state index contributed by atoms with van der Waals surface area (Å²) in [6.07, 6.45) is 2.75. The first-order valence-electron chi connectivity index (χ1n) is 6.78. The summed E-state index contributed by atoms with van der Waals surface area (Å²) in [6.45, 7) is 4.44. The van der Waals surface area contributed by atoms with Crippen molar-refractivity contribution in [3.63, 3.8) is 0 Å². The third kappa shape index (κ3) is 2.15. The predicted octanol–water partition coefficient (Wildman–Crippen LogP) is 0.0516. The maximum Gasteiger partial charge on any atom is 0.237 e. The largest absolute Gasteiger partial charge is 0.391 e. The van der Waals surface area contributed by atoms with E-state index in [0.717, 1.165) is 31.6 Å². The zero-order valence-electron chi connectivity index (χ0n) is 11.2. The van der Waals surface area contributed by atoms with Crippen molar-refractivity contribution in [1.29, 1.82) is 0 Å². The van der Waals surface area contributed by atoms with Crippen molar-refractivity contribution in [3.8, 4) is 0 Å². The van der Waals surface area contributed by atoms with Gasteiger partial charge in [0.1, 0.15) is 12.3 Å². The van der Waals surface area contributed by atoms with Crippen molar-refractivity contribution < 1.29 is 15.0 Å². The van der Waals surface area contributed by atoms with Gasteiger partial charge in [-0.2, -0.15) is 0 Å². The highest BCUT2D eigenvalue weighted by Crippen LogP contribution is 2.50. The first-order valence-corrected chi connectivity index (χ1v) is 6.78. The van der Waals surface area contributed by atoms with Crippen molar-refractivity contribution in [3.05, 3.63) is 0 Å². The molecule has 1 aliphatic heterocycles. The van der Waals surface area contributed by atoms with Crippen LogP contribution < -0.4 is 5.73 Å². The standard InChI is InChI=1S/C13H24N2O3/c1-8-3-5-13(6-4-8)7-15(12(13)18)10(9(2)16)11(14)17/h8-10,12,16,18H,3-7H2,1-2H3,(H2,14,17)/t8?,9-,10?,12?,13?/m1/s1. The number of amides is 1. The minimum Gasteiger partial charge on any atom is -0.391 e. The Hall–Kier alpha value is -0.650. The molecule has 0 aromatic rings. The fourth-order valence-corrected chi connectivity index (χ4v) is 3.45. The molecule has 0 radical (unpaired) electrons. The van der Waals surface area contributed by atoms with Crippen LogP contribution >= 0.6 is 0 Å². The van der Waals surface area contributed by atoms with Crippen LogP contribution in [0.1, 0.15) is 39.5 Å². The number of nitrogens with two attached hydrogens (primary N) is 1. The molecule has 0 aromatic heterocycles. The summed E-state index contributed by atoms with van der Waals surface area (Å²) >= 11 is 0. The molecule has 1 saturated heterocycles. The van der Waals surface area contributed by atoms with Gasteiger partial charge in [-0.3, -0.25) is 9.69 Å². The van der Waals surface area contributed by atoms with Crippen LogP contribution in [-0.4, -0.2) is 45.9 Å². The smallest absolute Gasteiger partial charge is 0.237 e. The molecule has 0 bridgehead atoms. The van der Waals surface area contributed by atoms with E-state index in [0.29, 0.717) is 6.54 Å². The van der Waals surface area contributed by atoms with Gasteiger partial charge in [0.25, 0.3) is 0 Å². The highest BCUT2D eigenvalue weighted by Gasteiger charge is 2.56. The molecule has 1 heterocycles. The molecule has 1 spiro atoms. The van der Waals surface area contributed by atoms with Crippen LogP contribution in [0.15, 0.2) is 0 Å². The second-order valence-corrected chi connectivity index (χ2v) is 6.18. The molecule has 0 aromatic carbocycles. The normalized spacial score (nSPS) is 40.2. The van der Waals surface area contributed by atoms with Gasteiger partial charge in [0.15, 0.2) is 0 Å². The highest BCUT2D eigenvalue weighted by atomic mass is 16.3. The number of carbonyl (C=O) groups excluding carboxylic acids is 1. The summed E-state index contributed by atoms with van der Waals surface area (Å²) in [7, 11) is 0. The van der Waals surface area contributed by atoms with Crippen molar-refractivity contribution in [2.75, 3.05) is 6.54 Å². The van der Waals surface area contributed by atoms with Crippen molar-refractivity contribution in [2.24, 2.45) is 17.1 Å². The molecule has 4 N–H and O–H groups in total. The van der Waals surface area contributed by atoms with E-state index in [2.05, 4.69) is 6.92 Å². The van der Waals surface area contributed by atoms with E-state index in [-0.39, 0.29) is 5.41 Å². The Kier molecular flexibility index (Phi) is 3.67. The average Bonchev–Trinajstić information content (AvgIpc) is 2.30. The fraction of sp³-hybridized carbons (Fsp3) is 0.923. The topological polar surface area (TPSA) is 86.8 Å². The number of nitrogens with zero attached hydrogens (tertiary/aromatic N) is 1. The molecular weight excluding hydrogens is 232 g/mol. The third-order valence-electron chi connectivity index (χ3n) is 4.74. The lowest BCUT2D eigenvalue weighted by molar-refractivity contribution is -0.233. The number of carbonyl (C=O) groups is 1. The first kappa shape index (κ1) is 13.8. The van der Waals surface area contributed by atoms with E-state index in [1.165, 1.54) is 6.92 Å². The summed E-state index contributed by atoms with van der Waals surface area (Å²) in [5, 5.41) is 20.0. The molecule has 18 heavy (non-hydrogen) atoms. The molecule has 2 rings (SSSR count). The van der Waals surface area contributed by atoms with Gasteiger partial charge in [-0.15, -0.1) is 0 Å². The summed E-state index contributed by atoms with van der Waals surface area (Å²) in [4.78, 5) is 13.0. The van der Waals surface area contributed by atoms with Gasteiger partial charge in [-0.1, -0.05) is 6.92 Å². The van der Waals surface area contributed by atoms with Gasteiger partial charge in [0.05, 0.1) is 6.10 Å². The Morgan fingerprint density at radius 1 is 1.44 bits per heavy atom. The third-order valence-corrected chi connectivity index (χ3v) is 4.74. The Morgan fingerprint density at radius 3 is 2.39 bits per heavy atom. The number of likely N-dealkylation sites (tertiary alicyclic amines) is 1. The first-order chi connectivity index (χ1) is 8.37. The van der Waals surface area contributed by atoms with E-state index < -0.39 is 24.3 Å². The van der Waals surface area contributed by atoms with Crippen LogP contribution in [0.5, 0.6) is 0 Å². The molecule has 1 aliphatic carbocycles. The summed E-state index contributed by atoms with van der Waals surface area (Å²) in [6, 6.07) is -0.773. The van der Waals surface area contributed by atoms with Gasteiger partial charge < -0.3 is 15.9 Å². The predicted molar refractivity (Wildman–Crippen MR) is 67.4 cm³/mol. The van der Waals surface area contributed by atoms with Crippen LogP contribution in [0.4, 0.5) is 0 Å². The number of aliphatic hydroxyl groups is 2. The SMILES string of the molecule is CC1CCC2(CC1)CN(C(C(N)=O)[C@@H](C)O)C2O. The minimum atomic E-state index is -0.850. The Balaban J connectivity index is 2.02. The molecule has 2 fully saturated rings. The van der Waals surface area contributed by atoms with Crippen LogP contribution in [0.25, 0.3) is 0 Å². The number of rotatable bonds is 3. The van der Waals surface area contributed by atoms with E-state index in [9.17, 15) is 15.0 Å². The average molecular weight is 256 g/mol. The molecule has 2 aliphatic rings. The molecule has 2 unspecified atom stereocenters. The van der Waals surface area contributed by atoms with E-state index in [1.807, 2.05) is 0 Å². The summed E-state index contributed by atoms with van der Waals surface area (Å²) < 4.78 is 0. The van der Waals surface area contributed by atoms with Gasteiger partial charge >= 0.3 is 0 Å². The fourth-order valence-electron chi connectivity index (χ4n) is 3.45. The number of primary amides is 1. The zero-order valence-corrected chi connectivity index (χ0v) is 11.2. The van der Waals surface area contributed by atoms with E-state index in [4.69, 9.17) is 5.73 Å².